The van der Waals surface area contributed by atoms with Crippen LogP contribution in [-0.4, -0.2) is 135 Å². The SMILES string of the molecule is C=CC(C)(OCCC(C)(C)OCCOCC(O)COCCO)C(C)(CC)COC(C)(CC)CCOCC(O)COCCO. The normalized spacial score (nSPS) is 18.0. The molecule has 11 nitrogen and oxygen atoms in total. The van der Waals surface area contributed by atoms with Crippen molar-refractivity contribution in [1.82, 2.24) is 0 Å². The Morgan fingerprint density at radius 2 is 1.14 bits per heavy atom. The molecule has 0 aliphatic rings. The van der Waals surface area contributed by atoms with Gasteiger partial charge < -0.3 is 53.6 Å². The maximum Gasteiger partial charge on any atom is 0.101 e. The van der Waals surface area contributed by atoms with Gasteiger partial charge in [-0.25, -0.2) is 0 Å². The smallest absolute Gasteiger partial charge is 0.101 e. The van der Waals surface area contributed by atoms with Crippen LogP contribution in [0.5, 0.6) is 0 Å². The van der Waals surface area contributed by atoms with Gasteiger partial charge in [0.25, 0.3) is 0 Å². The van der Waals surface area contributed by atoms with E-state index in [2.05, 4.69) is 41.2 Å². The van der Waals surface area contributed by atoms with Crippen LogP contribution in [0.1, 0.15) is 74.1 Å². The van der Waals surface area contributed by atoms with Gasteiger partial charge in [0, 0.05) is 12.0 Å². The fraction of sp³-hybridized carbons (Fsp3) is 0.938. The van der Waals surface area contributed by atoms with Gasteiger partial charge in [0.05, 0.1) is 96.1 Å². The summed E-state index contributed by atoms with van der Waals surface area (Å²) in [5, 5.41) is 37.2. The molecule has 258 valence electrons. The monoisotopic (exact) mass is 624 g/mol. The molecule has 0 heterocycles. The van der Waals surface area contributed by atoms with Gasteiger partial charge in [-0.1, -0.05) is 26.8 Å². The van der Waals surface area contributed by atoms with E-state index < -0.39 is 29.0 Å². The lowest BCUT2D eigenvalue weighted by molar-refractivity contribution is -0.159. The molecule has 0 aromatic rings. The molecule has 0 aromatic heterocycles. The molecular weight excluding hydrogens is 560 g/mol. The molecule has 0 aliphatic heterocycles. The van der Waals surface area contributed by atoms with Gasteiger partial charge in [-0.2, -0.15) is 0 Å². The minimum Gasteiger partial charge on any atom is -0.394 e. The van der Waals surface area contributed by atoms with E-state index in [9.17, 15) is 10.2 Å². The summed E-state index contributed by atoms with van der Waals surface area (Å²) in [6.07, 6.45) is 3.34. The Morgan fingerprint density at radius 3 is 1.60 bits per heavy atom. The second kappa shape index (κ2) is 22.7. The molecule has 5 atom stereocenters. The zero-order chi connectivity index (χ0) is 32.8. The van der Waals surface area contributed by atoms with E-state index in [-0.39, 0.29) is 58.3 Å². The lowest BCUT2D eigenvalue weighted by Crippen LogP contribution is -2.49. The molecule has 0 saturated carbocycles. The van der Waals surface area contributed by atoms with Gasteiger partial charge in [-0.15, -0.1) is 6.58 Å². The Hall–Kier alpha value is -0.700. The summed E-state index contributed by atoms with van der Waals surface area (Å²) < 4.78 is 40.4. The number of ether oxygens (including phenoxy) is 7. The van der Waals surface area contributed by atoms with Crippen molar-refractivity contribution in [3.63, 3.8) is 0 Å². The zero-order valence-corrected chi connectivity index (χ0v) is 28.1. The second-order valence-corrected chi connectivity index (χ2v) is 12.3. The molecule has 11 heteroatoms. The molecule has 0 rings (SSSR count). The van der Waals surface area contributed by atoms with Crippen LogP contribution in [0.2, 0.25) is 0 Å². The molecule has 0 amide bonds. The number of hydrogen-bond donors (Lipinski definition) is 4. The van der Waals surface area contributed by atoms with Crippen molar-refractivity contribution in [3.05, 3.63) is 12.7 Å². The first-order valence-corrected chi connectivity index (χ1v) is 15.7. The Morgan fingerprint density at radius 1 is 0.628 bits per heavy atom. The van der Waals surface area contributed by atoms with E-state index in [4.69, 9.17) is 43.4 Å². The predicted octanol–water partition coefficient (Wildman–Crippen LogP) is 2.90. The molecule has 43 heavy (non-hydrogen) atoms. The van der Waals surface area contributed by atoms with E-state index in [0.29, 0.717) is 45.9 Å². The van der Waals surface area contributed by atoms with Crippen molar-refractivity contribution in [2.24, 2.45) is 5.41 Å². The van der Waals surface area contributed by atoms with Crippen molar-refractivity contribution in [2.75, 3.05) is 85.9 Å². The summed E-state index contributed by atoms with van der Waals surface area (Å²) in [4.78, 5) is 0. The third-order valence-electron chi connectivity index (χ3n) is 8.17. The molecule has 0 fully saturated rings. The summed E-state index contributed by atoms with van der Waals surface area (Å²) in [5.74, 6) is 0. The largest absolute Gasteiger partial charge is 0.394 e. The van der Waals surface area contributed by atoms with E-state index in [1.807, 2.05) is 19.9 Å². The first kappa shape index (κ1) is 42.3. The maximum absolute atomic E-state index is 9.94. The highest BCUT2D eigenvalue weighted by Gasteiger charge is 2.44. The minimum atomic E-state index is -0.743. The molecular formula is C32H64O11. The fourth-order valence-electron chi connectivity index (χ4n) is 4.11. The molecule has 0 aromatic carbocycles. The highest BCUT2D eigenvalue weighted by atomic mass is 16.6. The Labute approximate surface area is 260 Å². The van der Waals surface area contributed by atoms with Crippen LogP contribution < -0.4 is 0 Å². The van der Waals surface area contributed by atoms with Crippen molar-refractivity contribution in [1.29, 1.82) is 0 Å². The molecule has 0 bridgehead atoms. The van der Waals surface area contributed by atoms with Crippen LogP contribution in [0.15, 0.2) is 12.7 Å². The first-order valence-electron chi connectivity index (χ1n) is 15.7. The molecule has 4 N–H and O–H groups in total. The minimum absolute atomic E-state index is 0.0761. The molecule has 0 aliphatic carbocycles. The van der Waals surface area contributed by atoms with E-state index in [1.165, 1.54) is 0 Å². The van der Waals surface area contributed by atoms with Gasteiger partial charge in [-0.05, 0) is 53.4 Å². The quantitative estimate of drug-likeness (QED) is 0.0691. The third-order valence-corrected chi connectivity index (χ3v) is 8.17. The predicted molar refractivity (Wildman–Crippen MR) is 166 cm³/mol. The molecule has 5 unspecified atom stereocenters. The topological polar surface area (TPSA) is 146 Å². The van der Waals surface area contributed by atoms with Crippen molar-refractivity contribution in [3.8, 4) is 0 Å². The number of aliphatic hydroxyl groups excluding tert-OH is 4. The summed E-state index contributed by atoms with van der Waals surface area (Å²) >= 11 is 0. The van der Waals surface area contributed by atoms with Gasteiger partial charge in [0.1, 0.15) is 12.2 Å². The van der Waals surface area contributed by atoms with Crippen LogP contribution in [0.25, 0.3) is 0 Å². The van der Waals surface area contributed by atoms with Crippen molar-refractivity contribution in [2.45, 2.75) is 103 Å². The number of aliphatic hydroxyl groups is 4. The summed E-state index contributed by atoms with van der Waals surface area (Å²) in [5.41, 5.74) is -1.82. The standard InChI is InChI=1S/C32H64O11/c1-9-30(6,26-43-31(7,10-2)13-16-37-22-27(35)23-38-18-14-33)32(8,11-3)42-17-12-29(4,5)41-21-20-40-25-28(36)24-39-19-15-34/h11,27-28,33-36H,3,9-10,12-26H2,1-2,4-8H3. The van der Waals surface area contributed by atoms with E-state index in [1.54, 1.807) is 0 Å². The van der Waals surface area contributed by atoms with Crippen LogP contribution >= 0.6 is 0 Å². The average molecular weight is 625 g/mol. The van der Waals surface area contributed by atoms with Crippen molar-refractivity contribution < 1.29 is 53.6 Å². The summed E-state index contributed by atoms with van der Waals surface area (Å²) in [6.45, 7) is 21.5. The van der Waals surface area contributed by atoms with E-state index >= 15 is 0 Å². The van der Waals surface area contributed by atoms with Crippen LogP contribution in [0.3, 0.4) is 0 Å². The molecule has 0 radical (unpaired) electrons. The van der Waals surface area contributed by atoms with Crippen LogP contribution in [0, 0.1) is 5.41 Å². The van der Waals surface area contributed by atoms with Gasteiger partial charge in [-0.3, -0.25) is 0 Å². The van der Waals surface area contributed by atoms with Crippen molar-refractivity contribution >= 4 is 0 Å². The summed E-state index contributed by atoms with van der Waals surface area (Å²) in [7, 11) is 0. The zero-order valence-electron chi connectivity index (χ0n) is 28.1. The van der Waals surface area contributed by atoms with Gasteiger partial charge in [0.2, 0.25) is 0 Å². The Kier molecular flexibility index (Phi) is 22.4. The first-order chi connectivity index (χ1) is 20.3. The second-order valence-electron chi connectivity index (χ2n) is 12.3. The van der Waals surface area contributed by atoms with Crippen LogP contribution in [0.4, 0.5) is 0 Å². The Balaban J connectivity index is 4.72. The number of hydrogen-bond acceptors (Lipinski definition) is 11. The highest BCUT2D eigenvalue weighted by molar-refractivity contribution is 5.06. The highest BCUT2D eigenvalue weighted by Crippen LogP contribution is 2.41. The maximum atomic E-state index is 9.94. The number of rotatable bonds is 30. The molecule has 0 saturated heterocycles. The lowest BCUT2D eigenvalue weighted by Gasteiger charge is -2.46. The third kappa shape index (κ3) is 18.1. The van der Waals surface area contributed by atoms with Crippen LogP contribution in [-0.2, 0) is 33.2 Å². The fourth-order valence-corrected chi connectivity index (χ4v) is 4.11. The molecule has 0 spiro atoms. The van der Waals surface area contributed by atoms with Gasteiger partial charge in [0.15, 0.2) is 0 Å². The Bertz CT molecular complexity index is 694. The average Bonchev–Trinajstić information content (AvgIpc) is 2.97. The van der Waals surface area contributed by atoms with Gasteiger partial charge >= 0.3 is 0 Å². The lowest BCUT2D eigenvalue weighted by atomic mass is 9.72. The van der Waals surface area contributed by atoms with E-state index in [0.717, 1.165) is 12.8 Å². The summed E-state index contributed by atoms with van der Waals surface area (Å²) in [6, 6.07) is 0.